The molecule has 1 aliphatic heterocycles. The van der Waals surface area contributed by atoms with Crippen LogP contribution >= 0.6 is 0 Å². The number of nitrogens with zero attached hydrogens (tertiary/aromatic N) is 5. The van der Waals surface area contributed by atoms with E-state index in [-0.39, 0.29) is 16.8 Å². The van der Waals surface area contributed by atoms with Crippen LogP contribution in [0.2, 0.25) is 0 Å². The van der Waals surface area contributed by atoms with Crippen molar-refractivity contribution in [3.63, 3.8) is 0 Å². The smallest absolute Gasteiger partial charge is 0.335 e. The second kappa shape index (κ2) is 8.79. The van der Waals surface area contributed by atoms with Crippen molar-refractivity contribution in [2.45, 2.75) is 19.1 Å². The summed E-state index contributed by atoms with van der Waals surface area (Å²) in [6, 6.07) is 3.85. The Hall–Kier alpha value is -4.09. The van der Waals surface area contributed by atoms with Gasteiger partial charge in [0, 0.05) is 53.3 Å². The van der Waals surface area contributed by atoms with Crippen LogP contribution in [0.5, 0.6) is 0 Å². The highest BCUT2D eigenvalue weighted by atomic mass is 19.4. The maximum absolute atomic E-state index is 15.3. The van der Waals surface area contributed by atoms with Gasteiger partial charge in [-0.15, -0.1) is 0 Å². The number of alkyl halides is 3. The molecule has 1 atom stereocenters. The van der Waals surface area contributed by atoms with Crippen LogP contribution in [0.4, 0.5) is 36.8 Å². The fraction of sp³-hybridized carbons (Fsp3) is 0.240. The van der Waals surface area contributed by atoms with Gasteiger partial charge in [0.2, 0.25) is 0 Å². The number of rotatable bonds is 4. The standard InChI is InChI=1S/C25H19F6N5O/c1-13-32-9-18-19(10-34(2)23(18)33-13)16-6-4-15(8-21(16)28)35-11-22(17-5-3-14(26)7-20(17)27)36(24(35)37)12-25(29,30)31/h3-10,22H,11-12H2,1-2H3. The second-order valence-electron chi connectivity index (χ2n) is 8.79. The lowest BCUT2D eigenvalue weighted by molar-refractivity contribution is -0.141. The van der Waals surface area contributed by atoms with Crippen molar-refractivity contribution in [3.8, 4) is 11.1 Å². The van der Waals surface area contributed by atoms with Crippen LogP contribution in [0.3, 0.4) is 0 Å². The van der Waals surface area contributed by atoms with E-state index in [2.05, 4.69) is 9.97 Å². The third kappa shape index (κ3) is 4.47. The minimum Gasteiger partial charge on any atom is -0.335 e. The van der Waals surface area contributed by atoms with E-state index in [1.54, 1.807) is 30.9 Å². The van der Waals surface area contributed by atoms with Gasteiger partial charge in [0.1, 0.15) is 35.5 Å². The van der Waals surface area contributed by atoms with Gasteiger partial charge in [0.25, 0.3) is 0 Å². The summed E-state index contributed by atoms with van der Waals surface area (Å²) in [6.45, 7) is -0.320. The molecule has 0 spiro atoms. The molecule has 4 aromatic rings. The number of urea groups is 1. The van der Waals surface area contributed by atoms with Crippen LogP contribution in [0.15, 0.2) is 48.8 Å². The van der Waals surface area contributed by atoms with Crippen molar-refractivity contribution in [1.29, 1.82) is 0 Å². The van der Waals surface area contributed by atoms with Crippen molar-refractivity contribution in [2.75, 3.05) is 18.0 Å². The largest absolute Gasteiger partial charge is 0.406 e. The molecule has 3 heterocycles. The fourth-order valence-electron chi connectivity index (χ4n) is 4.61. The summed E-state index contributed by atoms with van der Waals surface area (Å²) >= 11 is 0. The van der Waals surface area contributed by atoms with Crippen LogP contribution in [-0.2, 0) is 7.05 Å². The monoisotopic (exact) mass is 519 g/mol. The molecular formula is C25H19F6N5O. The van der Waals surface area contributed by atoms with E-state index in [0.717, 1.165) is 23.1 Å². The summed E-state index contributed by atoms with van der Waals surface area (Å²) in [7, 11) is 1.75. The van der Waals surface area contributed by atoms with Gasteiger partial charge < -0.3 is 9.47 Å². The molecule has 2 aromatic carbocycles. The zero-order chi connectivity index (χ0) is 26.6. The van der Waals surface area contributed by atoms with E-state index >= 15 is 4.39 Å². The van der Waals surface area contributed by atoms with E-state index in [1.165, 1.54) is 12.1 Å². The molecule has 5 rings (SSSR count). The minimum absolute atomic E-state index is 0.00391. The van der Waals surface area contributed by atoms with Gasteiger partial charge in [-0.1, -0.05) is 6.07 Å². The Labute approximate surface area is 206 Å². The first-order valence-corrected chi connectivity index (χ1v) is 11.1. The number of benzene rings is 2. The molecule has 12 heteroatoms. The molecule has 6 nitrogen and oxygen atoms in total. The minimum atomic E-state index is -4.77. The van der Waals surface area contributed by atoms with Crippen LogP contribution < -0.4 is 4.90 Å². The molecule has 1 aliphatic rings. The summed E-state index contributed by atoms with van der Waals surface area (Å²) in [5.74, 6) is -2.17. The average Bonchev–Trinajstić information content (AvgIpc) is 3.29. The predicted octanol–water partition coefficient (Wildman–Crippen LogP) is 5.91. The van der Waals surface area contributed by atoms with Gasteiger partial charge in [-0.2, -0.15) is 13.2 Å². The topological polar surface area (TPSA) is 54.3 Å². The number of carbonyl (C=O) groups excluding carboxylic acids is 1. The van der Waals surface area contributed by atoms with Gasteiger partial charge in [-0.05, 0) is 31.2 Å². The number of fused-ring (bicyclic) bond motifs is 1. The lowest BCUT2D eigenvalue weighted by Gasteiger charge is -2.24. The number of hydrogen-bond donors (Lipinski definition) is 0. The molecule has 0 N–H and O–H groups in total. The highest BCUT2D eigenvalue weighted by Gasteiger charge is 2.45. The second-order valence-corrected chi connectivity index (χ2v) is 8.79. The lowest BCUT2D eigenvalue weighted by Crippen LogP contribution is -2.39. The Balaban J connectivity index is 1.52. The number of halogens is 6. The van der Waals surface area contributed by atoms with Gasteiger partial charge in [0.15, 0.2) is 0 Å². The van der Waals surface area contributed by atoms with Gasteiger partial charge >= 0.3 is 12.2 Å². The van der Waals surface area contributed by atoms with Crippen molar-refractivity contribution >= 4 is 22.8 Å². The van der Waals surface area contributed by atoms with Crippen molar-refractivity contribution < 1.29 is 31.1 Å². The molecule has 2 aromatic heterocycles. The van der Waals surface area contributed by atoms with E-state index in [9.17, 15) is 26.7 Å². The summed E-state index contributed by atoms with van der Waals surface area (Å²) in [6.07, 6.45) is -1.53. The van der Waals surface area contributed by atoms with Crippen molar-refractivity contribution in [1.82, 2.24) is 19.4 Å². The molecule has 0 saturated carbocycles. The van der Waals surface area contributed by atoms with Crippen LogP contribution in [-0.4, -0.2) is 44.7 Å². The van der Waals surface area contributed by atoms with Crippen LogP contribution in [0.25, 0.3) is 22.2 Å². The highest BCUT2D eigenvalue weighted by Crippen LogP contribution is 2.38. The Morgan fingerprint density at radius 1 is 1.03 bits per heavy atom. The van der Waals surface area contributed by atoms with Gasteiger partial charge in [-0.25, -0.2) is 27.9 Å². The number of amides is 2. The molecule has 0 bridgehead atoms. The molecule has 0 aliphatic carbocycles. The quantitative estimate of drug-likeness (QED) is 0.315. The number of hydrogen-bond acceptors (Lipinski definition) is 3. The predicted molar refractivity (Wildman–Crippen MR) is 123 cm³/mol. The molecule has 2 amide bonds. The number of aryl methyl sites for hydroxylation is 2. The first-order chi connectivity index (χ1) is 17.4. The number of aromatic nitrogens is 3. The first kappa shape index (κ1) is 24.6. The summed E-state index contributed by atoms with van der Waals surface area (Å²) in [4.78, 5) is 22.9. The molecular weight excluding hydrogens is 500 g/mol. The zero-order valence-electron chi connectivity index (χ0n) is 19.5. The molecule has 37 heavy (non-hydrogen) atoms. The molecule has 0 radical (unpaired) electrons. The zero-order valence-corrected chi connectivity index (χ0v) is 19.5. The Morgan fingerprint density at radius 2 is 1.78 bits per heavy atom. The third-order valence-electron chi connectivity index (χ3n) is 6.27. The van der Waals surface area contributed by atoms with Crippen molar-refractivity contribution in [2.24, 2.45) is 7.05 Å². The number of carbonyl (C=O) groups is 1. The Morgan fingerprint density at radius 3 is 2.46 bits per heavy atom. The van der Waals surface area contributed by atoms with Gasteiger partial charge in [0.05, 0.1) is 12.6 Å². The summed E-state index contributed by atoms with van der Waals surface area (Å²) in [5.41, 5.74) is 0.994. The van der Waals surface area contributed by atoms with Gasteiger partial charge in [-0.3, -0.25) is 4.90 Å². The summed E-state index contributed by atoms with van der Waals surface area (Å²) in [5, 5.41) is 0.597. The molecule has 1 fully saturated rings. The maximum Gasteiger partial charge on any atom is 0.406 e. The highest BCUT2D eigenvalue weighted by molar-refractivity contribution is 5.97. The fourth-order valence-corrected chi connectivity index (χ4v) is 4.61. The maximum atomic E-state index is 15.3. The normalized spacial score (nSPS) is 16.3. The lowest BCUT2D eigenvalue weighted by atomic mass is 10.0. The van der Waals surface area contributed by atoms with E-state index in [4.69, 9.17) is 0 Å². The van der Waals surface area contributed by atoms with E-state index in [0.29, 0.717) is 33.4 Å². The van der Waals surface area contributed by atoms with E-state index < -0.39 is 48.8 Å². The molecule has 192 valence electrons. The number of anilines is 1. The third-order valence-corrected chi connectivity index (χ3v) is 6.27. The van der Waals surface area contributed by atoms with E-state index in [1.807, 2.05) is 0 Å². The summed E-state index contributed by atoms with van der Waals surface area (Å²) < 4.78 is 84.8. The van der Waals surface area contributed by atoms with Crippen LogP contribution in [0, 0.1) is 24.4 Å². The van der Waals surface area contributed by atoms with Crippen LogP contribution in [0.1, 0.15) is 17.4 Å². The molecule has 1 saturated heterocycles. The first-order valence-electron chi connectivity index (χ1n) is 11.1. The molecule has 1 unspecified atom stereocenters. The SMILES string of the molecule is Cc1ncc2c(-c3ccc(N4CC(c5ccc(F)cc5F)N(CC(F)(F)F)C4=O)cc3F)cn(C)c2n1. The average molecular weight is 519 g/mol. The van der Waals surface area contributed by atoms with Crippen molar-refractivity contribution in [3.05, 3.63) is 77.6 Å². The Kier molecular flexibility index (Phi) is 5.84. The Bertz CT molecular complexity index is 1530.